The Morgan fingerprint density at radius 3 is 1.70 bits per heavy atom. The summed E-state index contributed by atoms with van der Waals surface area (Å²) in [5, 5.41) is 9.81. The van der Waals surface area contributed by atoms with Crippen molar-refractivity contribution in [3.63, 3.8) is 0 Å². The van der Waals surface area contributed by atoms with Gasteiger partial charge in [-0.15, -0.1) is 0 Å². The van der Waals surface area contributed by atoms with E-state index in [4.69, 9.17) is 18.0 Å². The molecule has 0 bridgehead atoms. The van der Waals surface area contributed by atoms with Crippen LogP contribution in [0.15, 0.2) is 0 Å². The minimum Gasteiger partial charge on any atom is -0.412 e. The topological polar surface area (TPSA) is 57.2 Å². The van der Waals surface area contributed by atoms with Crippen LogP contribution in [0.4, 0.5) is 0 Å². The molecule has 5 nitrogen and oxygen atoms in total. The molecule has 1 N–H and O–H groups in total. The zero-order valence-electron chi connectivity index (χ0n) is 16.3. The first kappa shape index (κ1) is 21.5. The van der Waals surface area contributed by atoms with Crippen molar-refractivity contribution in [1.29, 1.82) is 0 Å². The summed E-state index contributed by atoms with van der Waals surface area (Å²) in [5.41, 5.74) is 0. The molecule has 138 valence electrons. The predicted octanol–water partition coefficient (Wildman–Crippen LogP) is 3.39. The number of hydrogen-bond donors (Lipinski definition) is 1. The van der Waals surface area contributed by atoms with Crippen LogP contribution < -0.4 is 0 Å². The van der Waals surface area contributed by atoms with Crippen molar-refractivity contribution in [3.8, 4) is 0 Å². The van der Waals surface area contributed by atoms with Gasteiger partial charge in [0, 0.05) is 6.42 Å². The summed E-state index contributed by atoms with van der Waals surface area (Å²) < 4.78 is 24.9. The van der Waals surface area contributed by atoms with E-state index in [0.717, 1.165) is 0 Å². The van der Waals surface area contributed by atoms with Crippen LogP contribution in [0.25, 0.3) is 0 Å². The van der Waals surface area contributed by atoms with E-state index in [9.17, 15) is 5.11 Å². The first-order chi connectivity index (χ1) is 10.2. The number of hydrogen-bond acceptors (Lipinski definition) is 5. The molecule has 0 aliphatic carbocycles. The first-order valence-corrected chi connectivity index (χ1v) is 18.7. The SMILES string of the molecule is C[Si](C)(C)OC1C[C@@H](O[Si](C)(C)C)[C@H](O[Si](C)(C)C)[C@@H](CO)O1. The number of aliphatic hydroxyl groups excluding tert-OH is 1. The molecular formula is C15H36O5Si3. The number of ether oxygens (including phenoxy) is 1. The highest BCUT2D eigenvalue weighted by molar-refractivity contribution is 6.70. The smallest absolute Gasteiger partial charge is 0.187 e. The van der Waals surface area contributed by atoms with Gasteiger partial charge in [0.1, 0.15) is 6.10 Å². The minimum atomic E-state index is -1.78. The van der Waals surface area contributed by atoms with Crippen LogP contribution in [-0.4, -0.2) is 61.3 Å². The third-order valence-corrected chi connectivity index (χ3v) is 6.10. The molecule has 0 amide bonds. The molecule has 1 fully saturated rings. The third-order valence-electron chi connectivity index (χ3n) is 3.14. The van der Waals surface area contributed by atoms with Crippen molar-refractivity contribution in [3.05, 3.63) is 0 Å². The van der Waals surface area contributed by atoms with Gasteiger partial charge in [0.15, 0.2) is 31.2 Å². The van der Waals surface area contributed by atoms with Crippen LogP contribution in [0.1, 0.15) is 6.42 Å². The molecule has 23 heavy (non-hydrogen) atoms. The van der Waals surface area contributed by atoms with Gasteiger partial charge in [-0.2, -0.15) is 0 Å². The van der Waals surface area contributed by atoms with Crippen LogP contribution in [0.5, 0.6) is 0 Å². The van der Waals surface area contributed by atoms with Crippen molar-refractivity contribution in [1.82, 2.24) is 0 Å². The molecule has 4 atom stereocenters. The first-order valence-electron chi connectivity index (χ1n) is 8.50. The lowest BCUT2D eigenvalue weighted by atomic mass is 10.0. The Balaban J connectivity index is 2.97. The zero-order chi connectivity index (χ0) is 18.1. The van der Waals surface area contributed by atoms with Gasteiger partial charge in [0.05, 0.1) is 18.8 Å². The van der Waals surface area contributed by atoms with Gasteiger partial charge in [-0.05, 0) is 58.9 Å². The fourth-order valence-electron chi connectivity index (χ4n) is 2.64. The summed E-state index contributed by atoms with van der Waals surface area (Å²) in [6.07, 6.45) is -0.347. The Morgan fingerprint density at radius 1 is 0.826 bits per heavy atom. The third kappa shape index (κ3) is 8.39. The molecule has 0 radical (unpaired) electrons. The maximum atomic E-state index is 9.81. The van der Waals surface area contributed by atoms with Gasteiger partial charge in [-0.1, -0.05) is 0 Å². The molecule has 8 heteroatoms. The van der Waals surface area contributed by atoms with Crippen LogP contribution in [0.2, 0.25) is 58.9 Å². The normalized spacial score (nSPS) is 30.5. The molecule has 0 aromatic rings. The van der Waals surface area contributed by atoms with Gasteiger partial charge in [-0.25, -0.2) is 0 Å². The molecular weight excluding hydrogens is 344 g/mol. The summed E-state index contributed by atoms with van der Waals surface area (Å²) in [6, 6.07) is 0. The fourth-order valence-corrected chi connectivity index (χ4v) is 5.84. The average molecular weight is 381 g/mol. The van der Waals surface area contributed by atoms with Crippen LogP contribution in [-0.2, 0) is 18.0 Å². The van der Waals surface area contributed by atoms with Crippen molar-refractivity contribution < 1.29 is 23.1 Å². The number of aliphatic hydroxyl groups is 1. The summed E-state index contributed by atoms with van der Waals surface area (Å²) in [4.78, 5) is 0. The lowest BCUT2D eigenvalue weighted by Crippen LogP contribution is -2.58. The fraction of sp³-hybridized carbons (Fsp3) is 1.00. The van der Waals surface area contributed by atoms with E-state index < -0.39 is 31.1 Å². The predicted molar refractivity (Wildman–Crippen MR) is 101 cm³/mol. The van der Waals surface area contributed by atoms with E-state index in [2.05, 4.69) is 58.9 Å². The lowest BCUT2D eigenvalue weighted by Gasteiger charge is -2.46. The monoisotopic (exact) mass is 380 g/mol. The van der Waals surface area contributed by atoms with Crippen LogP contribution >= 0.6 is 0 Å². The van der Waals surface area contributed by atoms with Gasteiger partial charge in [-0.3, -0.25) is 0 Å². The van der Waals surface area contributed by atoms with E-state index in [1.54, 1.807) is 0 Å². The van der Waals surface area contributed by atoms with Crippen LogP contribution in [0.3, 0.4) is 0 Å². The Kier molecular flexibility index (Phi) is 7.27. The summed E-state index contributed by atoms with van der Waals surface area (Å²) in [6.45, 7) is 19.3. The Labute approximate surface area is 145 Å². The van der Waals surface area contributed by atoms with Crippen molar-refractivity contribution in [2.24, 2.45) is 0 Å². The van der Waals surface area contributed by atoms with E-state index in [-0.39, 0.29) is 25.1 Å². The highest BCUT2D eigenvalue weighted by Gasteiger charge is 2.44. The quantitative estimate of drug-likeness (QED) is 0.686. The van der Waals surface area contributed by atoms with Crippen molar-refractivity contribution in [2.45, 2.75) is 89.9 Å². The maximum Gasteiger partial charge on any atom is 0.187 e. The zero-order valence-corrected chi connectivity index (χ0v) is 19.3. The largest absolute Gasteiger partial charge is 0.412 e. The Bertz CT molecular complexity index is 373. The average Bonchev–Trinajstić information content (AvgIpc) is 2.26. The van der Waals surface area contributed by atoms with Gasteiger partial charge >= 0.3 is 0 Å². The minimum absolute atomic E-state index is 0.0771. The molecule has 1 saturated heterocycles. The Morgan fingerprint density at radius 2 is 1.30 bits per heavy atom. The van der Waals surface area contributed by atoms with E-state index >= 15 is 0 Å². The number of rotatable bonds is 7. The van der Waals surface area contributed by atoms with E-state index in [0.29, 0.717) is 6.42 Å². The lowest BCUT2D eigenvalue weighted by molar-refractivity contribution is -0.225. The summed E-state index contributed by atoms with van der Waals surface area (Å²) >= 11 is 0. The maximum absolute atomic E-state index is 9.81. The van der Waals surface area contributed by atoms with Crippen LogP contribution in [0, 0.1) is 0 Å². The Hall–Kier alpha value is 0.451. The van der Waals surface area contributed by atoms with Gasteiger partial charge in [0.2, 0.25) is 0 Å². The highest BCUT2D eigenvalue weighted by Crippen LogP contribution is 2.31. The van der Waals surface area contributed by atoms with Crippen molar-refractivity contribution >= 4 is 25.0 Å². The van der Waals surface area contributed by atoms with Gasteiger partial charge in [0.25, 0.3) is 0 Å². The van der Waals surface area contributed by atoms with E-state index in [1.165, 1.54) is 0 Å². The van der Waals surface area contributed by atoms with E-state index in [1.807, 2.05) is 0 Å². The second-order valence-corrected chi connectivity index (χ2v) is 22.6. The molecule has 1 rings (SSSR count). The molecule has 0 spiro atoms. The molecule has 0 aromatic carbocycles. The van der Waals surface area contributed by atoms with Gasteiger partial charge < -0.3 is 23.1 Å². The second-order valence-electron chi connectivity index (χ2n) is 9.22. The molecule has 1 unspecified atom stereocenters. The molecule has 1 aliphatic heterocycles. The second kappa shape index (κ2) is 7.77. The highest BCUT2D eigenvalue weighted by atomic mass is 28.4. The molecule has 1 heterocycles. The summed E-state index contributed by atoms with van der Waals surface area (Å²) in [5.74, 6) is 0. The molecule has 0 saturated carbocycles. The summed E-state index contributed by atoms with van der Waals surface area (Å²) in [7, 11) is -5.24. The molecule has 0 aromatic heterocycles. The molecule has 1 aliphatic rings. The van der Waals surface area contributed by atoms with Crippen molar-refractivity contribution in [2.75, 3.05) is 6.61 Å². The standard InChI is InChI=1S/C15H36O5Si3/c1-21(2,3)18-12-10-14(19-22(4,5)6)17-13(11-16)15(12)20-23(7,8)9/h12-16H,10-11H2,1-9H3/t12-,13-,14?,15+/m1/s1.